The zero-order valence-corrected chi connectivity index (χ0v) is 16.6. The summed E-state index contributed by atoms with van der Waals surface area (Å²) in [7, 11) is 1.83. The van der Waals surface area contributed by atoms with Crippen LogP contribution in [0.5, 0.6) is 0 Å². The number of guanidine groups is 1. The van der Waals surface area contributed by atoms with Crippen LogP contribution in [0.25, 0.3) is 0 Å². The Balaban J connectivity index is 1.52. The Labute approximate surface area is 164 Å². The van der Waals surface area contributed by atoms with Crippen molar-refractivity contribution >= 4 is 29.3 Å². The van der Waals surface area contributed by atoms with Gasteiger partial charge in [0.1, 0.15) is 0 Å². The first kappa shape index (κ1) is 19.4. The maximum atomic E-state index is 12.0. The van der Waals surface area contributed by atoms with Crippen molar-refractivity contribution in [1.82, 2.24) is 10.2 Å². The molecule has 2 heterocycles. The van der Waals surface area contributed by atoms with E-state index in [4.69, 9.17) is 4.42 Å². The summed E-state index contributed by atoms with van der Waals surface area (Å²) in [6.07, 6.45) is 2.67. The van der Waals surface area contributed by atoms with Gasteiger partial charge in [-0.1, -0.05) is 19.1 Å². The van der Waals surface area contributed by atoms with Crippen LogP contribution < -0.4 is 10.6 Å². The molecule has 0 saturated carbocycles. The van der Waals surface area contributed by atoms with E-state index >= 15 is 0 Å². The van der Waals surface area contributed by atoms with Crippen LogP contribution in [0.2, 0.25) is 0 Å². The molecule has 1 fully saturated rings. The normalized spacial score (nSPS) is 17.6. The third kappa shape index (κ3) is 5.29. The highest BCUT2D eigenvalue weighted by atomic mass is 32.2. The predicted molar refractivity (Wildman–Crippen MR) is 111 cm³/mol. The van der Waals surface area contributed by atoms with Crippen molar-refractivity contribution < 1.29 is 9.21 Å². The molecular formula is C20H26N4O2S. The summed E-state index contributed by atoms with van der Waals surface area (Å²) in [5.41, 5.74) is 1.87. The molecule has 1 aliphatic rings. The molecule has 1 saturated heterocycles. The van der Waals surface area contributed by atoms with Crippen LogP contribution in [-0.4, -0.2) is 47.9 Å². The van der Waals surface area contributed by atoms with Crippen molar-refractivity contribution in [1.29, 1.82) is 0 Å². The summed E-state index contributed by atoms with van der Waals surface area (Å²) in [6.45, 7) is 5.00. The zero-order valence-electron chi connectivity index (χ0n) is 15.8. The van der Waals surface area contributed by atoms with Crippen molar-refractivity contribution in [3.8, 4) is 0 Å². The smallest absolute Gasteiger partial charge is 0.291 e. The van der Waals surface area contributed by atoms with Gasteiger partial charge in [-0.2, -0.15) is 11.8 Å². The number of carbonyl (C=O) groups is 1. The van der Waals surface area contributed by atoms with Crippen molar-refractivity contribution in [2.24, 2.45) is 4.99 Å². The summed E-state index contributed by atoms with van der Waals surface area (Å²) in [4.78, 5) is 18.8. The molecular weight excluding hydrogens is 360 g/mol. The highest BCUT2D eigenvalue weighted by Crippen LogP contribution is 2.21. The van der Waals surface area contributed by atoms with E-state index in [1.807, 2.05) is 43.1 Å². The average Bonchev–Trinajstić information content (AvgIpc) is 3.25. The molecule has 3 rings (SSSR count). The zero-order chi connectivity index (χ0) is 19.1. The number of benzene rings is 1. The molecule has 1 amide bonds. The van der Waals surface area contributed by atoms with Gasteiger partial charge in [-0.15, -0.1) is 0 Å². The molecule has 27 heavy (non-hydrogen) atoms. The number of rotatable bonds is 5. The minimum atomic E-state index is -0.250. The van der Waals surface area contributed by atoms with E-state index in [1.165, 1.54) is 12.7 Å². The van der Waals surface area contributed by atoms with E-state index in [1.54, 1.807) is 12.1 Å². The van der Waals surface area contributed by atoms with Crippen molar-refractivity contribution in [3.05, 3.63) is 54.0 Å². The van der Waals surface area contributed by atoms with Crippen molar-refractivity contribution in [2.75, 3.05) is 31.2 Å². The number of thioether (sulfide) groups is 1. The van der Waals surface area contributed by atoms with Gasteiger partial charge in [0.25, 0.3) is 5.91 Å². The number of aliphatic imine (C=N–C) groups is 1. The molecule has 1 unspecified atom stereocenters. The van der Waals surface area contributed by atoms with Crippen LogP contribution in [-0.2, 0) is 6.54 Å². The van der Waals surface area contributed by atoms with Crippen LogP contribution in [0.1, 0.15) is 29.5 Å². The van der Waals surface area contributed by atoms with Crippen LogP contribution in [0.3, 0.4) is 0 Å². The van der Waals surface area contributed by atoms with Gasteiger partial charge >= 0.3 is 0 Å². The van der Waals surface area contributed by atoms with E-state index in [2.05, 4.69) is 27.4 Å². The predicted octanol–water partition coefficient (Wildman–Crippen LogP) is 3.43. The minimum absolute atomic E-state index is 0.250. The van der Waals surface area contributed by atoms with E-state index in [0.29, 0.717) is 17.6 Å². The van der Waals surface area contributed by atoms with Crippen LogP contribution in [0.15, 0.2) is 52.1 Å². The highest BCUT2D eigenvalue weighted by molar-refractivity contribution is 8.00. The fourth-order valence-electron chi connectivity index (χ4n) is 2.98. The van der Waals surface area contributed by atoms with Crippen molar-refractivity contribution in [3.63, 3.8) is 0 Å². The molecule has 1 aromatic heterocycles. The molecule has 7 heteroatoms. The standard InChI is InChI=1S/C20H26N4O2S/c1-3-17-14-24(10-12-27-17)20(21-2)22-13-15-6-8-16(9-7-15)23-19(25)18-5-4-11-26-18/h4-9,11,17H,3,10,12-14H2,1-2H3,(H,21,22)(H,23,25). The third-order valence-corrected chi connectivity index (χ3v) is 5.88. The number of anilines is 1. The monoisotopic (exact) mass is 386 g/mol. The second-order valence-corrected chi connectivity index (χ2v) is 7.78. The quantitative estimate of drug-likeness (QED) is 0.609. The molecule has 6 nitrogen and oxygen atoms in total. The Morgan fingerprint density at radius 2 is 2.15 bits per heavy atom. The summed E-state index contributed by atoms with van der Waals surface area (Å²) in [5.74, 6) is 2.14. The van der Waals surface area contributed by atoms with Gasteiger partial charge in [0.05, 0.1) is 6.26 Å². The van der Waals surface area contributed by atoms with Gasteiger partial charge in [0.15, 0.2) is 11.7 Å². The Kier molecular flexibility index (Phi) is 6.81. The van der Waals surface area contributed by atoms with Gasteiger partial charge < -0.3 is 20.0 Å². The first-order valence-electron chi connectivity index (χ1n) is 9.20. The fraction of sp³-hybridized carbons (Fsp3) is 0.400. The van der Waals surface area contributed by atoms with Gasteiger partial charge in [-0.05, 0) is 36.2 Å². The van der Waals surface area contributed by atoms with Gasteiger partial charge in [-0.25, -0.2) is 0 Å². The largest absolute Gasteiger partial charge is 0.459 e. The summed E-state index contributed by atoms with van der Waals surface area (Å²) >= 11 is 2.05. The summed E-state index contributed by atoms with van der Waals surface area (Å²) < 4.78 is 5.10. The molecule has 0 bridgehead atoms. The topological polar surface area (TPSA) is 69.9 Å². The third-order valence-electron chi connectivity index (χ3n) is 4.51. The lowest BCUT2D eigenvalue weighted by Crippen LogP contribution is -2.47. The van der Waals surface area contributed by atoms with E-state index in [-0.39, 0.29) is 5.91 Å². The van der Waals surface area contributed by atoms with Gasteiger partial charge in [0, 0.05) is 43.4 Å². The summed E-state index contributed by atoms with van der Waals surface area (Å²) in [6, 6.07) is 11.1. The Bertz CT molecular complexity index is 759. The molecule has 0 aliphatic carbocycles. The maximum absolute atomic E-state index is 12.0. The average molecular weight is 387 g/mol. The van der Waals surface area contributed by atoms with Gasteiger partial charge in [-0.3, -0.25) is 9.79 Å². The number of carbonyl (C=O) groups excluding carboxylic acids is 1. The SMILES string of the molecule is CCC1CN(C(=NC)NCc2ccc(NC(=O)c3ccco3)cc2)CCS1. The molecule has 1 aromatic carbocycles. The van der Waals surface area contributed by atoms with Crippen molar-refractivity contribution in [2.45, 2.75) is 25.1 Å². The Hall–Kier alpha value is -2.41. The number of amides is 1. The molecule has 0 spiro atoms. The lowest BCUT2D eigenvalue weighted by atomic mass is 10.2. The summed E-state index contributed by atoms with van der Waals surface area (Å²) in [5, 5.41) is 6.95. The van der Waals surface area contributed by atoms with E-state index in [0.717, 1.165) is 36.1 Å². The maximum Gasteiger partial charge on any atom is 0.291 e. The number of nitrogens with one attached hydrogen (secondary N) is 2. The van der Waals surface area contributed by atoms with Crippen LogP contribution in [0.4, 0.5) is 5.69 Å². The Morgan fingerprint density at radius 3 is 2.81 bits per heavy atom. The highest BCUT2D eigenvalue weighted by Gasteiger charge is 2.21. The lowest BCUT2D eigenvalue weighted by molar-refractivity contribution is 0.0996. The van der Waals surface area contributed by atoms with E-state index < -0.39 is 0 Å². The second-order valence-electron chi connectivity index (χ2n) is 6.38. The molecule has 144 valence electrons. The molecule has 0 radical (unpaired) electrons. The van der Waals surface area contributed by atoms with Crippen LogP contribution >= 0.6 is 11.8 Å². The Morgan fingerprint density at radius 1 is 1.33 bits per heavy atom. The van der Waals surface area contributed by atoms with Gasteiger partial charge in [0.2, 0.25) is 0 Å². The molecule has 1 aliphatic heterocycles. The number of hydrogen-bond donors (Lipinski definition) is 2. The molecule has 2 N–H and O–H groups in total. The molecule has 2 aromatic rings. The first-order chi connectivity index (χ1) is 13.2. The first-order valence-corrected chi connectivity index (χ1v) is 10.3. The molecule has 1 atom stereocenters. The second kappa shape index (κ2) is 9.50. The fourth-order valence-corrected chi connectivity index (χ4v) is 4.16. The minimum Gasteiger partial charge on any atom is -0.459 e. The lowest BCUT2D eigenvalue weighted by Gasteiger charge is -2.34. The van der Waals surface area contributed by atoms with E-state index in [9.17, 15) is 4.79 Å². The number of hydrogen-bond acceptors (Lipinski definition) is 4. The van der Waals surface area contributed by atoms with Crippen LogP contribution in [0, 0.1) is 0 Å². The number of nitrogens with zero attached hydrogens (tertiary/aromatic N) is 2. The number of furan rings is 1.